The number of hydrogen-bond donors (Lipinski definition) is 0. The Morgan fingerprint density at radius 2 is 1.02 bits per heavy atom. The van der Waals surface area contributed by atoms with Crippen LogP contribution in [0.2, 0.25) is 0 Å². The summed E-state index contributed by atoms with van der Waals surface area (Å²) < 4.78 is 15.8. The van der Waals surface area contributed by atoms with E-state index in [1.165, 1.54) is 10.8 Å². The van der Waals surface area contributed by atoms with E-state index in [0.717, 1.165) is 77.5 Å². The predicted octanol–water partition coefficient (Wildman–Crippen LogP) is 11.1. The van der Waals surface area contributed by atoms with Gasteiger partial charge in [-0.1, -0.05) is 146 Å². The van der Waals surface area contributed by atoms with Crippen LogP contribution in [-0.4, -0.2) is 21.3 Å². The predicted molar refractivity (Wildman–Crippen MR) is 216 cm³/mol. The zero-order valence-electron chi connectivity index (χ0n) is 28.4. The van der Waals surface area contributed by atoms with Crippen LogP contribution in [0.3, 0.4) is 0 Å². The maximum atomic E-state index is 13.8. The van der Waals surface area contributed by atoms with Crippen molar-refractivity contribution in [1.29, 1.82) is 0 Å². The van der Waals surface area contributed by atoms with Crippen LogP contribution >= 0.6 is 7.14 Å². The SMILES string of the molecule is CP1(=O)c2ccccc2-c2cc(-c3ccc(-c4cccc(-c5nc6c(-c7ccccc7)cc(-c7ccccc7)cn6n5)c4)c4ccccc34)ccc21. The Hall–Kier alpha value is -6.35. The first-order chi connectivity index (χ1) is 25.5. The number of pyridine rings is 1. The Balaban J connectivity index is 1.08. The maximum Gasteiger partial charge on any atom is 0.182 e. The van der Waals surface area contributed by atoms with Gasteiger partial charge in [0.2, 0.25) is 0 Å². The van der Waals surface area contributed by atoms with Gasteiger partial charge in [-0.15, -0.1) is 5.10 Å². The van der Waals surface area contributed by atoms with Gasteiger partial charge in [0.1, 0.15) is 7.14 Å². The van der Waals surface area contributed by atoms with Crippen molar-refractivity contribution in [2.75, 3.05) is 6.66 Å². The van der Waals surface area contributed by atoms with Crippen LogP contribution in [0.4, 0.5) is 0 Å². The van der Waals surface area contributed by atoms with Gasteiger partial charge in [-0.2, -0.15) is 0 Å². The van der Waals surface area contributed by atoms with E-state index in [1.807, 2.05) is 41.5 Å². The van der Waals surface area contributed by atoms with Gasteiger partial charge in [-0.25, -0.2) is 9.50 Å². The molecular weight excluding hydrogens is 654 g/mol. The van der Waals surface area contributed by atoms with Gasteiger partial charge in [-0.05, 0) is 86.2 Å². The van der Waals surface area contributed by atoms with E-state index in [2.05, 4.69) is 146 Å². The second kappa shape index (κ2) is 11.9. The van der Waals surface area contributed by atoms with Crippen molar-refractivity contribution in [3.63, 3.8) is 0 Å². The smallest absolute Gasteiger partial charge is 0.182 e. The van der Waals surface area contributed by atoms with E-state index >= 15 is 0 Å². The van der Waals surface area contributed by atoms with E-state index in [0.29, 0.717) is 5.82 Å². The van der Waals surface area contributed by atoms with Gasteiger partial charge in [0.25, 0.3) is 0 Å². The quantitative estimate of drug-likeness (QED) is 0.169. The van der Waals surface area contributed by atoms with Crippen molar-refractivity contribution >= 4 is 34.2 Å². The fourth-order valence-corrected chi connectivity index (χ4v) is 10.1. The Kier molecular flexibility index (Phi) is 6.96. The third kappa shape index (κ3) is 4.87. The monoisotopic (exact) mass is 685 g/mol. The molecule has 7 aromatic carbocycles. The number of fused-ring (bicyclic) bond motifs is 5. The van der Waals surface area contributed by atoms with Gasteiger partial charge >= 0.3 is 0 Å². The minimum Gasteiger partial charge on any atom is -0.314 e. The van der Waals surface area contributed by atoms with Gasteiger partial charge in [0.15, 0.2) is 11.5 Å². The summed E-state index contributed by atoms with van der Waals surface area (Å²) >= 11 is 0. The van der Waals surface area contributed by atoms with Gasteiger partial charge < -0.3 is 4.57 Å². The Morgan fingerprint density at radius 1 is 0.442 bits per heavy atom. The van der Waals surface area contributed by atoms with E-state index in [9.17, 15) is 4.57 Å². The largest absolute Gasteiger partial charge is 0.314 e. The highest BCUT2D eigenvalue weighted by atomic mass is 31.2. The maximum absolute atomic E-state index is 13.8. The molecule has 0 amide bonds. The Bertz CT molecular complexity index is 2890. The van der Waals surface area contributed by atoms with Gasteiger partial charge in [0.05, 0.1) is 0 Å². The molecule has 0 spiro atoms. The Labute approximate surface area is 302 Å². The van der Waals surface area contributed by atoms with Crippen LogP contribution in [-0.2, 0) is 4.57 Å². The lowest BCUT2D eigenvalue weighted by Gasteiger charge is -2.14. The summed E-state index contributed by atoms with van der Waals surface area (Å²) in [5.41, 5.74) is 12.8. The summed E-state index contributed by atoms with van der Waals surface area (Å²) in [6.07, 6.45) is 2.07. The molecule has 1 atom stereocenters. The first-order valence-electron chi connectivity index (χ1n) is 17.5. The fraction of sp³-hybridized carbons (Fsp3) is 0.0213. The third-order valence-corrected chi connectivity index (χ3v) is 13.0. The van der Waals surface area contributed by atoms with Crippen molar-refractivity contribution in [2.24, 2.45) is 0 Å². The normalized spacial score (nSPS) is 14.8. The molecule has 0 fully saturated rings. The third-order valence-electron chi connectivity index (χ3n) is 10.4. The molecule has 246 valence electrons. The zero-order valence-corrected chi connectivity index (χ0v) is 29.3. The van der Waals surface area contributed by atoms with E-state index in [4.69, 9.17) is 10.1 Å². The van der Waals surface area contributed by atoms with E-state index in [-0.39, 0.29) is 0 Å². The highest BCUT2D eigenvalue weighted by Gasteiger charge is 2.34. The lowest BCUT2D eigenvalue weighted by Crippen LogP contribution is -2.07. The number of nitrogens with zero attached hydrogens (tertiary/aromatic N) is 3. The fourth-order valence-electron chi connectivity index (χ4n) is 7.85. The lowest BCUT2D eigenvalue weighted by molar-refractivity contribution is 0.591. The molecule has 4 nitrogen and oxygen atoms in total. The first-order valence-corrected chi connectivity index (χ1v) is 19.6. The average Bonchev–Trinajstić information content (AvgIpc) is 3.74. The summed E-state index contributed by atoms with van der Waals surface area (Å²) in [7, 11) is -2.62. The van der Waals surface area contributed by atoms with Crippen LogP contribution < -0.4 is 10.6 Å². The first kappa shape index (κ1) is 30.5. The molecule has 1 unspecified atom stereocenters. The van der Waals surface area contributed by atoms with Crippen molar-refractivity contribution in [1.82, 2.24) is 14.6 Å². The molecule has 0 aliphatic carbocycles. The summed E-state index contributed by atoms with van der Waals surface area (Å²) in [5, 5.41) is 9.28. The molecule has 2 aromatic heterocycles. The average molecular weight is 686 g/mol. The van der Waals surface area contributed by atoms with E-state index in [1.54, 1.807) is 0 Å². The highest BCUT2D eigenvalue weighted by Crippen LogP contribution is 2.51. The van der Waals surface area contributed by atoms with Crippen LogP contribution in [0.15, 0.2) is 176 Å². The molecular formula is C47H32N3OP. The topological polar surface area (TPSA) is 47.3 Å². The minimum atomic E-state index is -2.62. The zero-order chi connectivity index (χ0) is 34.8. The molecule has 5 heteroatoms. The van der Waals surface area contributed by atoms with Crippen molar-refractivity contribution in [2.45, 2.75) is 0 Å². The number of hydrogen-bond acceptors (Lipinski definition) is 3. The highest BCUT2D eigenvalue weighted by molar-refractivity contribution is 7.79. The standard InChI is InChI=1S/C47H32N3OP/c1-52(51)44-22-11-10-21-41(44)43-28-34(23-26-45(43)52)38-25-24-37(39-19-8-9-20-40(38)39)33-17-12-18-35(27-33)46-48-47-42(32-15-6-3-7-16-32)29-36(30-50(47)49-46)31-13-4-2-5-14-31/h2-30H,1H3. The molecule has 3 heterocycles. The molecule has 0 radical (unpaired) electrons. The molecule has 52 heavy (non-hydrogen) atoms. The van der Waals surface area contributed by atoms with Gasteiger partial charge in [-0.3, -0.25) is 0 Å². The molecule has 9 aromatic rings. The van der Waals surface area contributed by atoms with E-state index < -0.39 is 7.14 Å². The van der Waals surface area contributed by atoms with Crippen LogP contribution in [0.25, 0.3) is 83.4 Å². The lowest BCUT2D eigenvalue weighted by atomic mass is 9.90. The van der Waals surface area contributed by atoms with Crippen molar-refractivity contribution in [3.8, 4) is 67.0 Å². The molecule has 0 N–H and O–H groups in total. The molecule has 0 bridgehead atoms. The molecule has 0 saturated heterocycles. The summed E-state index contributed by atoms with van der Waals surface area (Å²) in [4.78, 5) is 5.13. The molecule has 0 saturated carbocycles. The van der Waals surface area contributed by atoms with Crippen LogP contribution in [0.5, 0.6) is 0 Å². The van der Waals surface area contributed by atoms with Crippen LogP contribution in [0, 0.1) is 0 Å². The molecule has 1 aliphatic heterocycles. The number of rotatable bonds is 5. The second-order valence-electron chi connectivity index (χ2n) is 13.5. The Morgan fingerprint density at radius 3 is 1.77 bits per heavy atom. The van der Waals surface area contributed by atoms with Gasteiger partial charge in [0, 0.05) is 33.5 Å². The van der Waals surface area contributed by atoms with Crippen LogP contribution in [0.1, 0.15) is 0 Å². The number of benzene rings is 7. The summed E-state index contributed by atoms with van der Waals surface area (Å²) in [5.74, 6) is 0.678. The molecule has 1 aliphatic rings. The van der Waals surface area contributed by atoms with Crippen molar-refractivity contribution in [3.05, 3.63) is 176 Å². The summed E-state index contributed by atoms with van der Waals surface area (Å²) in [6, 6.07) is 59.2. The molecule has 10 rings (SSSR count). The minimum absolute atomic E-state index is 0.678. The number of aromatic nitrogens is 3. The summed E-state index contributed by atoms with van der Waals surface area (Å²) in [6.45, 7) is 1.89. The second-order valence-corrected chi connectivity index (χ2v) is 16.4. The van der Waals surface area contributed by atoms with Crippen molar-refractivity contribution < 1.29 is 4.57 Å².